The average Bonchev–Trinajstić information content (AvgIpc) is 2.01. The monoisotopic (exact) mass is 162 g/mol. The highest BCUT2D eigenvalue weighted by molar-refractivity contribution is 5.77. The van der Waals surface area contributed by atoms with E-state index in [1.54, 1.807) is 0 Å². The minimum Gasteiger partial charge on any atom is -0.355 e. The van der Waals surface area contributed by atoms with Crippen molar-refractivity contribution in [3.8, 4) is 0 Å². The summed E-state index contributed by atoms with van der Waals surface area (Å²) in [4.78, 5) is 10.8. The van der Waals surface area contributed by atoms with Gasteiger partial charge in [0.05, 0.1) is 6.54 Å². The number of rotatable bonds is 6. The summed E-state index contributed by atoms with van der Waals surface area (Å²) < 4.78 is 11.5. The highest BCUT2D eigenvalue weighted by atomic mass is 19.1. The Balaban J connectivity index is 3.09. The van der Waals surface area contributed by atoms with Crippen LogP contribution >= 0.6 is 0 Å². The number of amides is 1. The minimum absolute atomic E-state index is 0.0692. The van der Waals surface area contributed by atoms with Gasteiger partial charge in [0, 0.05) is 13.1 Å². The van der Waals surface area contributed by atoms with E-state index in [0.29, 0.717) is 6.54 Å². The van der Waals surface area contributed by atoms with Gasteiger partial charge < -0.3 is 10.6 Å². The number of hydrogen-bond acceptors (Lipinski definition) is 2. The number of halogens is 1. The summed E-state index contributed by atoms with van der Waals surface area (Å²) in [6.07, 6.45) is 0.925. The first-order valence-corrected chi connectivity index (χ1v) is 3.84. The molecule has 0 aliphatic carbocycles. The molecule has 0 bridgehead atoms. The van der Waals surface area contributed by atoms with Gasteiger partial charge in [-0.3, -0.25) is 4.79 Å². The number of carbonyl (C=O) groups excluding carboxylic acids is 1. The van der Waals surface area contributed by atoms with E-state index >= 15 is 0 Å². The molecule has 0 saturated carbocycles. The molecule has 0 atom stereocenters. The van der Waals surface area contributed by atoms with Crippen molar-refractivity contribution >= 4 is 5.91 Å². The van der Waals surface area contributed by atoms with Gasteiger partial charge in [0.2, 0.25) is 5.91 Å². The summed E-state index contributed by atoms with van der Waals surface area (Å²) in [7, 11) is 0. The summed E-state index contributed by atoms with van der Waals surface area (Å²) in [5.41, 5.74) is 0. The Morgan fingerprint density at radius 3 is 2.73 bits per heavy atom. The lowest BCUT2D eigenvalue weighted by molar-refractivity contribution is -0.120. The number of carbonyl (C=O) groups is 1. The van der Waals surface area contributed by atoms with Crippen molar-refractivity contribution in [2.24, 2.45) is 0 Å². The van der Waals surface area contributed by atoms with E-state index in [9.17, 15) is 9.18 Å². The zero-order valence-corrected chi connectivity index (χ0v) is 6.82. The van der Waals surface area contributed by atoms with Gasteiger partial charge in [-0.05, 0) is 6.42 Å². The third-order valence-corrected chi connectivity index (χ3v) is 1.13. The van der Waals surface area contributed by atoms with Gasteiger partial charge in [-0.1, -0.05) is 6.92 Å². The summed E-state index contributed by atoms with van der Waals surface area (Å²) >= 11 is 0. The van der Waals surface area contributed by atoms with Crippen molar-refractivity contribution in [1.82, 2.24) is 10.6 Å². The molecule has 0 aliphatic rings. The second kappa shape index (κ2) is 7.47. The van der Waals surface area contributed by atoms with Crippen LogP contribution in [0, 0.1) is 0 Å². The van der Waals surface area contributed by atoms with Crippen LogP contribution < -0.4 is 10.6 Å². The predicted octanol–water partition coefficient (Wildman–Crippen LogP) is 0.0717. The van der Waals surface area contributed by atoms with Gasteiger partial charge >= 0.3 is 0 Å². The maximum absolute atomic E-state index is 11.5. The van der Waals surface area contributed by atoms with Gasteiger partial charge in [-0.2, -0.15) is 0 Å². The molecule has 11 heavy (non-hydrogen) atoms. The largest absolute Gasteiger partial charge is 0.355 e. The molecule has 0 aromatic carbocycles. The smallest absolute Gasteiger partial charge is 0.233 e. The van der Waals surface area contributed by atoms with Crippen molar-refractivity contribution in [1.29, 1.82) is 0 Å². The Hall–Kier alpha value is -0.640. The normalized spacial score (nSPS) is 9.64. The van der Waals surface area contributed by atoms with E-state index in [2.05, 4.69) is 10.6 Å². The number of hydrogen-bond donors (Lipinski definition) is 2. The quantitative estimate of drug-likeness (QED) is 0.543. The van der Waals surface area contributed by atoms with Crippen LogP contribution in [0.4, 0.5) is 4.39 Å². The molecule has 0 rings (SSSR count). The van der Waals surface area contributed by atoms with Crippen molar-refractivity contribution in [2.45, 2.75) is 13.3 Å². The van der Waals surface area contributed by atoms with Gasteiger partial charge in [0.1, 0.15) is 6.67 Å². The third kappa shape index (κ3) is 7.25. The van der Waals surface area contributed by atoms with Crippen LogP contribution in [0.25, 0.3) is 0 Å². The van der Waals surface area contributed by atoms with E-state index < -0.39 is 6.67 Å². The van der Waals surface area contributed by atoms with Crippen LogP contribution in [0.5, 0.6) is 0 Å². The van der Waals surface area contributed by atoms with Crippen LogP contribution in [-0.4, -0.2) is 32.2 Å². The van der Waals surface area contributed by atoms with E-state index in [1.165, 1.54) is 0 Å². The van der Waals surface area contributed by atoms with Crippen LogP contribution in [0.3, 0.4) is 0 Å². The van der Waals surface area contributed by atoms with Crippen molar-refractivity contribution in [2.75, 3.05) is 26.3 Å². The van der Waals surface area contributed by atoms with Crippen LogP contribution in [0.1, 0.15) is 13.3 Å². The van der Waals surface area contributed by atoms with Crippen molar-refractivity contribution in [3.05, 3.63) is 0 Å². The van der Waals surface area contributed by atoms with Crippen LogP contribution in [0.15, 0.2) is 0 Å². The molecule has 0 heterocycles. The summed E-state index contributed by atoms with van der Waals surface area (Å²) in [6, 6.07) is 0. The van der Waals surface area contributed by atoms with E-state index in [-0.39, 0.29) is 19.0 Å². The minimum atomic E-state index is -0.430. The zero-order valence-electron chi connectivity index (χ0n) is 6.82. The van der Waals surface area contributed by atoms with Gasteiger partial charge in [-0.25, -0.2) is 4.39 Å². The first-order valence-electron chi connectivity index (χ1n) is 3.84. The Bertz CT molecular complexity index is 109. The lowest BCUT2D eigenvalue weighted by Crippen LogP contribution is -2.34. The standard InChI is InChI=1S/C7H15FN2O/c1-2-4-10-7(11)6-9-5-3-8/h9H,2-6H2,1H3,(H,10,11). The molecule has 0 saturated heterocycles. The molecule has 3 nitrogen and oxygen atoms in total. The average molecular weight is 162 g/mol. The molecule has 0 radical (unpaired) electrons. The van der Waals surface area contributed by atoms with Gasteiger partial charge in [-0.15, -0.1) is 0 Å². The van der Waals surface area contributed by atoms with E-state index in [1.807, 2.05) is 6.92 Å². The molecule has 1 amide bonds. The van der Waals surface area contributed by atoms with Crippen molar-refractivity contribution in [3.63, 3.8) is 0 Å². The Kier molecular flexibility index (Phi) is 7.03. The molecule has 66 valence electrons. The molecule has 0 aliphatic heterocycles. The molecular weight excluding hydrogens is 147 g/mol. The second-order valence-corrected chi connectivity index (χ2v) is 2.22. The summed E-state index contributed by atoms with van der Waals surface area (Å²) in [5, 5.41) is 5.32. The zero-order chi connectivity index (χ0) is 8.53. The topological polar surface area (TPSA) is 41.1 Å². The molecule has 0 aromatic heterocycles. The molecule has 4 heteroatoms. The number of alkyl halides is 1. The maximum Gasteiger partial charge on any atom is 0.233 e. The summed E-state index contributed by atoms with van der Waals surface area (Å²) in [6.45, 7) is 2.70. The fourth-order valence-electron chi connectivity index (χ4n) is 0.596. The SMILES string of the molecule is CCCNC(=O)CNCCF. The van der Waals surface area contributed by atoms with Crippen LogP contribution in [0.2, 0.25) is 0 Å². The predicted molar refractivity (Wildman–Crippen MR) is 42.1 cm³/mol. The molecule has 2 N–H and O–H groups in total. The second-order valence-electron chi connectivity index (χ2n) is 2.22. The van der Waals surface area contributed by atoms with Gasteiger partial charge in [0.25, 0.3) is 0 Å². The van der Waals surface area contributed by atoms with E-state index in [4.69, 9.17) is 0 Å². The highest BCUT2D eigenvalue weighted by Crippen LogP contribution is 1.70. The molecule has 0 unspecified atom stereocenters. The molecular formula is C7H15FN2O. The third-order valence-electron chi connectivity index (χ3n) is 1.13. The van der Waals surface area contributed by atoms with E-state index in [0.717, 1.165) is 6.42 Å². The maximum atomic E-state index is 11.5. The lowest BCUT2D eigenvalue weighted by atomic mass is 10.4. The molecule has 0 fully saturated rings. The number of nitrogens with one attached hydrogen (secondary N) is 2. The Morgan fingerprint density at radius 2 is 2.18 bits per heavy atom. The highest BCUT2D eigenvalue weighted by Gasteiger charge is 1.96. The van der Waals surface area contributed by atoms with Crippen LogP contribution in [-0.2, 0) is 4.79 Å². The lowest BCUT2D eigenvalue weighted by Gasteiger charge is -2.02. The molecule has 0 spiro atoms. The Morgan fingerprint density at radius 1 is 1.45 bits per heavy atom. The fourth-order valence-corrected chi connectivity index (χ4v) is 0.596. The van der Waals surface area contributed by atoms with Gasteiger partial charge in [0.15, 0.2) is 0 Å². The first kappa shape index (κ1) is 10.4. The first-order chi connectivity index (χ1) is 5.31. The fraction of sp³-hybridized carbons (Fsp3) is 0.857. The summed E-state index contributed by atoms with van der Waals surface area (Å²) in [5.74, 6) is -0.0692. The Labute approximate surface area is 66.4 Å². The van der Waals surface area contributed by atoms with Crippen molar-refractivity contribution < 1.29 is 9.18 Å². The molecule has 0 aromatic rings.